The minimum absolute atomic E-state index is 0.222. The van der Waals surface area contributed by atoms with Crippen molar-refractivity contribution in [2.24, 2.45) is 17.6 Å². The van der Waals surface area contributed by atoms with Gasteiger partial charge in [-0.15, -0.1) is 0 Å². The maximum atomic E-state index is 11.9. The van der Waals surface area contributed by atoms with Crippen LogP contribution in [0.1, 0.15) is 19.8 Å². The average molecular weight is 296 g/mol. The van der Waals surface area contributed by atoms with Gasteiger partial charge in [0.25, 0.3) is 0 Å². The second-order valence-corrected chi connectivity index (χ2v) is 8.77. The number of hydrogen-bond donors (Lipinski definition) is 1. The quantitative estimate of drug-likeness (QED) is 0.748. The molecule has 0 aromatic rings. The first-order valence-electron chi connectivity index (χ1n) is 6.33. The number of hydrogen-bond acceptors (Lipinski definition) is 4. The Morgan fingerprint density at radius 3 is 2.72 bits per heavy atom. The number of sulfonamides is 1. The summed E-state index contributed by atoms with van der Waals surface area (Å²) in [5, 5.41) is 0. The second kappa shape index (κ2) is 6.98. The summed E-state index contributed by atoms with van der Waals surface area (Å²) in [7, 11) is -4.00. The van der Waals surface area contributed by atoms with Gasteiger partial charge in [0.1, 0.15) is 0 Å². The van der Waals surface area contributed by atoms with Crippen LogP contribution in [0, 0.1) is 11.8 Å². The summed E-state index contributed by atoms with van der Waals surface area (Å²) in [5.41, 5.74) is 5.51. The van der Waals surface area contributed by atoms with Crippen LogP contribution >= 0.6 is 0 Å². The van der Waals surface area contributed by atoms with Crippen molar-refractivity contribution < 1.29 is 12.6 Å². The molecular formula is C11H24N2O3S2. The first kappa shape index (κ1) is 16.1. The van der Waals surface area contributed by atoms with Gasteiger partial charge in [0.05, 0.1) is 6.26 Å². The van der Waals surface area contributed by atoms with Gasteiger partial charge in [0, 0.05) is 35.4 Å². The Labute approximate surface area is 113 Å². The fourth-order valence-corrected chi connectivity index (χ4v) is 4.83. The molecule has 0 saturated carbocycles. The van der Waals surface area contributed by atoms with Crippen molar-refractivity contribution in [3.8, 4) is 0 Å². The van der Waals surface area contributed by atoms with Crippen molar-refractivity contribution in [2.75, 3.05) is 37.4 Å². The molecule has 3 unspecified atom stereocenters. The molecule has 0 amide bonds. The van der Waals surface area contributed by atoms with Crippen LogP contribution in [0.25, 0.3) is 0 Å². The summed E-state index contributed by atoms with van der Waals surface area (Å²) in [6.45, 7) is 3.65. The molecule has 1 heterocycles. The SMILES string of the molecule is CC(CN)CS(=O)CC1CCCN(S(C)(=O)=O)C1. The van der Waals surface area contributed by atoms with Crippen LogP contribution in [0.4, 0.5) is 0 Å². The van der Waals surface area contributed by atoms with E-state index in [0.717, 1.165) is 12.8 Å². The molecule has 1 saturated heterocycles. The summed E-state index contributed by atoms with van der Waals surface area (Å²) in [5.74, 6) is 1.70. The molecule has 0 spiro atoms. The Morgan fingerprint density at radius 1 is 1.50 bits per heavy atom. The van der Waals surface area contributed by atoms with Gasteiger partial charge in [-0.25, -0.2) is 12.7 Å². The number of rotatable bonds is 6. The summed E-state index contributed by atoms with van der Waals surface area (Å²) in [4.78, 5) is 0. The lowest BCUT2D eigenvalue weighted by molar-refractivity contribution is 0.285. The van der Waals surface area contributed by atoms with Gasteiger partial charge >= 0.3 is 0 Å². The zero-order valence-corrected chi connectivity index (χ0v) is 12.8. The first-order valence-corrected chi connectivity index (χ1v) is 9.66. The van der Waals surface area contributed by atoms with E-state index in [1.807, 2.05) is 6.92 Å². The van der Waals surface area contributed by atoms with Gasteiger partial charge in [0.2, 0.25) is 10.0 Å². The van der Waals surface area contributed by atoms with Crippen molar-refractivity contribution in [1.82, 2.24) is 4.31 Å². The van der Waals surface area contributed by atoms with E-state index in [1.54, 1.807) is 0 Å². The predicted molar refractivity (Wildman–Crippen MR) is 75.2 cm³/mol. The van der Waals surface area contributed by atoms with E-state index in [4.69, 9.17) is 5.73 Å². The van der Waals surface area contributed by atoms with Gasteiger partial charge in [0.15, 0.2) is 0 Å². The lowest BCUT2D eigenvalue weighted by Crippen LogP contribution is -2.41. The molecule has 18 heavy (non-hydrogen) atoms. The highest BCUT2D eigenvalue weighted by atomic mass is 32.2. The minimum Gasteiger partial charge on any atom is -0.330 e. The van der Waals surface area contributed by atoms with Crippen LogP contribution in [0.2, 0.25) is 0 Å². The van der Waals surface area contributed by atoms with E-state index in [-0.39, 0.29) is 11.8 Å². The highest BCUT2D eigenvalue weighted by Gasteiger charge is 2.27. The van der Waals surface area contributed by atoms with Crippen molar-refractivity contribution in [1.29, 1.82) is 0 Å². The van der Waals surface area contributed by atoms with E-state index in [9.17, 15) is 12.6 Å². The van der Waals surface area contributed by atoms with Crippen molar-refractivity contribution in [2.45, 2.75) is 19.8 Å². The van der Waals surface area contributed by atoms with Gasteiger partial charge in [-0.05, 0) is 31.2 Å². The maximum absolute atomic E-state index is 11.9. The molecule has 0 aromatic heterocycles. The summed E-state index contributed by atoms with van der Waals surface area (Å²) in [6, 6.07) is 0. The fourth-order valence-electron chi connectivity index (χ4n) is 2.18. The third kappa shape index (κ3) is 5.34. The average Bonchev–Trinajstić information content (AvgIpc) is 2.27. The van der Waals surface area contributed by atoms with Crippen LogP contribution in [-0.2, 0) is 20.8 Å². The molecule has 2 N–H and O–H groups in total. The predicted octanol–water partition coefficient (Wildman–Crippen LogP) is 0.00150. The van der Waals surface area contributed by atoms with Crippen molar-refractivity contribution in [3.63, 3.8) is 0 Å². The molecule has 7 heteroatoms. The number of nitrogens with zero attached hydrogens (tertiary/aromatic N) is 1. The van der Waals surface area contributed by atoms with Crippen molar-refractivity contribution >= 4 is 20.8 Å². The largest absolute Gasteiger partial charge is 0.330 e. The van der Waals surface area contributed by atoms with Crippen LogP contribution in [-0.4, -0.2) is 54.3 Å². The molecular weight excluding hydrogens is 272 g/mol. The molecule has 1 rings (SSSR count). The molecule has 1 aliphatic rings. The van der Waals surface area contributed by atoms with Crippen LogP contribution in [0.3, 0.4) is 0 Å². The van der Waals surface area contributed by atoms with E-state index in [1.165, 1.54) is 10.6 Å². The van der Waals surface area contributed by atoms with Gasteiger partial charge in [-0.3, -0.25) is 4.21 Å². The lowest BCUT2D eigenvalue weighted by Gasteiger charge is -2.30. The lowest BCUT2D eigenvalue weighted by atomic mass is 10.0. The third-order valence-electron chi connectivity index (χ3n) is 3.25. The van der Waals surface area contributed by atoms with Crippen LogP contribution < -0.4 is 5.73 Å². The Bertz CT molecular complexity index is 384. The summed E-state index contributed by atoms with van der Waals surface area (Å²) in [6.07, 6.45) is 3.07. The molecule has 1 fully saturated rings. The van der Waals surface area contributed by atoms with E-state index in [2.05, 4.69) is 0 Å². The highest BCUT2D eigenvalue weighted by Crippen LogP contribution is 2.19. The zero-order valence-electron chi connectivity index (χ0n) is 11.2. The minimum atomic E-state index is -3.11. The molecule has 5 nitrogen and oxygen atoms in total. The summed E-state index contributed by atoms with van der Waals surface area (Å²) >= 11 is 0. The van der Waals surface area contributed by atoms with Crippen molar-refractivity contribution in [3.05, 3.63) is 0 Å². The fraction of sp³-hybridized carbons (Fsp3) is 1.00. The normalized spacial score (nSPS) is 25.8. The van der Waals surface area contributed by atoms with Crippen LogP contribution in [0.15, 0.2) is 0 Å². The molecule has 0 radical (unpaired) electrons. The van der Waals surface area contributed by atoms with Gasteiger partial charge in [-0.2, -0.15) is 0 Å². The Morgan fingerprint density at radius 2 is 2.17 bits per heavy atom. The Hall–Kier alpha value is 0.0200. The molecule has 1 aliphatic heterocycles. The maximum Gasteiger partial charge on any atom is 0.211 e. The molecule has 0 bridgehead atoms. The zero-order chi connectivity index (χ0) is 13.8. The van der Waals surface area contributed by atoms with Gasteiger partial charge in [-0.1, -0.05) is 6.92 Å². The molecule has 3 atom stereocenters. The Balaban J connectivity index is 2.45. The van der Waals surface area contributed by atoms with E-state index in [0.29, 0.717) is 31.1 Å². The first-order chi connectivity index (χ1) is 8.32. The Kier molecular flexibility index (Phi) is 6.23. The van der Waals surface area contributed by atoms with E-state index < -0.39 is 20.8 Å². The highest BCUT2D eigenvalue weighted by molar-refractivity contribution is 7.88. The molecule has 0 aromatic carbocycles. The topological polar surface area (TPSA) is 80.5 Å². The number of piperidine rings is 1. The summed E-state index contributed by atoms with van der Waals surface area (Å²) < 4.78 is 36.4. The van der Waals surface area contributed by atoms with Crippen LogP contribution in [0.5, 0.6) is 0 Å². The second-order valence-electron chi connectivity index (χ2n) is 5.24. The van der Waals surface area contributed by atoms with E-state index >= 15 is 0 Å². The monoisotopic (exact) mass is 296 g/mol. The van der Waals surface area contributed by atoms with Gasteiger partial charge < -0.3 is 5.73 Å². The standard InChI is InChI=1S/C11H24N2O3S2/c1-10(6-12)8-17(14)9-11-4-3-5-13(7-11)18(2,15)16/h10-11H,3-9,12H2,1-2H3. The third-order valence-corrected chi connectivity index (χ3v) is 6.30. The molecule has 108 valence electrons. The molecule has 0 aliphatic carbocycles. The number of nitrogens with two attached hydrogens (primary N) is 1. The smallest absolute Gasteiger partial charge is 0.211 e.